The van der Waals surface area contributed by atoms with Crippen LogP contribution in [0.5, 0.6) is 5.75 Å². The van der Waals surface area contributed by atoms with Gasteiger partial charge in [-0.05, 0) is 24.6 Å². The molecule has 1 atom stereocenters. The highest BCUT2D eigenvalue weighted by Gasteiger charge is 2.26. The first-order valence-corrected chi connectivity index (χ1v) is 6.71. The lowest BCUT2D eigenvalue weighted by Gasteiger charge is -2.25. The molecule has 3 heteroatoms. The fourth-order valence-electron chi connectivity index (χ4n) is 2.13. The first-order valence-electron chi connectivity index (χ1n) is 6.71. The number of fused-ring (bicyclic) bond motifs is 1. The molecular weight excluding hydrogens is 252 g/mol. The molecule has 3 nitrogen and oxygen atoms in total. The number of Topliss-reactive ketones (excluding diaryl/α,β-unsaturated/α-hetero) is 1. The molecule has 1 unspecified atom stereocenters. The normalized spacial score (nSPS) is 16.5. The van der Waals surface area contributed by atoms with Crippen molar-refractivity contribution in [3.05, 3.63) is 65.7 Å². The predicted octanol–water partition coefficient (Wildman–Crippen LogP) is 3.39. The fraction of sp³-hybridized carbons (Fsp3) is 0.235. The van der Waals surface area contributed by atoms with Gasteiger partial charge in [0, 0.05) is 6.61 Å². The van der Waals surface area contributed by atoms with Gasteiger partial charge < -0.3 is 9.84 Å². The Hall–Kier alpha value is -2.13. The maximum atomic E-state index is 12.0. The number of rotatable bonds is 1. The first kappa shape index (κ1) is 14.3. The van der Waals surface area contributed by atoms with E-state index in [9.17, 15) is 4.79 Å². The topological polar surface area (TPSA) is 46.5 Å². The number of benzene rings is 2. The van der Waals surface area contributed by atoms with Gasteiger partial charge in [0.15, 0.2) is 5.78 Å². The van der Waals surface area contributed by atoms with Crippen molar-refractivity contribution in [2.24, 2.45) is 0 Å². The SMILES string of the molecule is CCO.O=C1CC(c2ccccc2)Oc2ccccc21. The van der Waals surface area contributed by atoms with Crippen molar-refractivity contribution >= 4 is 5.78 Å². The minimum atomic E-state index is -0.154. The van der Waals surface area contributed by atoms with Gasteiger partial charge in [-0.1, -0.05) is 42.5 Å². The number of ketones is 1. The number of aliphatic hydroxyl groups is 1. The van der Waals surface area contributed by atoms with Crippen LogP contribution in [0.1, 0.15) is 35.4 Å². The molecule has 0 radical (unpaired) electrons. The zero-order valence-electron chi connectivity index (χ0n) is 11.5. The largest absolute Gasteiger partial charge is 0.484 e. The number of carbonyl (C=O) groups is 1. The maximum Gasteiger partial charge on any atom is 0.170 e. The van der Waals surface area contributed by atoms with Crippen molar-refractivity contribution in [1.29, 1.82) is 0 Å². The molecule has 0 aromatic heterocycles. The number of hydrogen-bond acceptors (Lipinski definition) is 3. The molecule has 0 bridgehead atoms. The molecule has 3 rings (SSSR count). The number of para-hydroxylation sites is 1. The summed E-state index contributed by atoms with van der Waals surface area (Å²) in [6.07, 6.45) is 0.264. The number of hydrogen-bond donors (Lipinski definition) is 1. The van der Waals surface area contributed by atoms with Gasteiger partial charge in [-0.25, -0.2) is 0 Å². The fourth-order valence-corrected chi connectivity index (χ4v) is 2.13. The third kappa shape index (κ3) is 3.25. The van der Waals surface area contributed by atoms with Crippen molar-refractivity contribution in [3.8, 4) is 5.75 Å². The van der Waals surface area contributed by atoms with Crippen molar-refractivity contribution in [1.82, 2.24) is 0 Å². The molecule has 0 fully saturated rings. The van der Waals surface area contributed by atoms with E-state index in [1.807, 2.05) is 54.6 Å². The monoisotopic (exact) mass is 270 g/mol. The second-order valence-electron chi connectivity index (χ2n) is 4.46. The number of carbonyl (C=O) groups excluding carboxylic acids is 1. The zero-order chi connectivity index (χ0) is 14.4. The van der Waals surface area contributed by atoms with Crippen LogP contribution in [0.2, 0.25) is 0 Å². The Balaban J connectivity index is 0.000000452. The maximum absolute atomic E-state index is 12.0. The summed E-state index contributed by atoms with van der Waals surface area (Å²) in [4.78, 5) is 12.0. The summed E-state index contributed by atoms with van der Waals surface area (Å²) in [6, 6.07) is 17.3. The van der Waals surface area contributed by atoms with E-state index in [2.05, 4.69) is 0 Å². The van der Waals surface area contributed by atoms with E-state index in [1.54, 1.807) is 6.92 Å². The van der Waals surface area contributed by atoms with Gasteiger partial charge in [0.2, 0.25) is 0 Å². The molecule has 1 aliphatic heterocycles. The summed E-state index contributed by atoms with van der Waals surface area (Å²) in [6.45, 7) is 1.93. The van der Waals surface area contributed by atoms with E-state index in [0.717, 1.165) is 5.56 Å². The third-order valence-electron chi connectivity index (χ3n) is 3.00. The molecule has 1 heterocycles. The highest BCUT2D eigenvalue weighted by Crippen LogP contribution is 2.34. The van der Waals surface area contributed by atoms with E-state index in [1.165, 1.54) is 0 Å². The summed E-state index contributed by atoms with van der Waals surface area (Å²) < 4.78 is 5.87. The van der Waals surface area contributed by atoms with Crippen LogP contribution in [0.4, 0.5) is 0 Å². The van der Waals surface area contributed by atoms with Crippen LogP contribution in [0.3, 0.4) is 0 Å². The van der Waals surface area contributed by atoms with Crippen LogP contribution >= 0.6 is 0 Å². The molecule has 104 valence electrons. The lowest BCUT2D eigenvalue weighted by Crippen LogP contribution is -2.20. The van der Waals surface area contributed by atoms with Gasteiger partial charge in [0.25, 0.3) is 0 Å². The van der Waals surface area contributed by atoms with Gasteiger partial charge in [0.1, 0.15) is 11.9 Å². The summed E-state index contributed by atoms with van der Waals surface area (Å²) in [5.41, 5.74) is 1.75. The van der Waals surface area contributed by atoms with E-state index in [0.29, 0.717) is 17.7 Å². The Morgan fingerprint density at radius 2 is 1.70 bits per heavy atom. The molecule has 1 N–H and O–H groups in total. The Bertz CT molecular complexity index is 563. The van der Waals surface area contributed by atoms with Crippen LogP contribution < -0.4 is 4.74 Å². The highest BCUT2D eigenvalue weighted by atomic mass is 16.5. The summed E-state index contributed by atoms with van der Waals surface area (Å²) in [5.74, 6) is 0.846. The minimum Gasteiger partial charge on any atom is -0.484 e. The first-order chi connectivity index (χ1) is 9.76. The minimum absolute atomic E-state index is 0.153. The van der Waals surface area contributed by atoms with Crippen LogP contribution in [0.15, 0.2) is 54.6 Å². The van der Waals surface area contributed by atoms with Gasteiger partial charge in [0.05, 0.1) is 12.0 Å². The lowest BCUT2D eigenvalue weighted by molar-refractivity contribution is 0.0850. The third-order valence-corrected chi connectivity index (χ3v) is 3.00. The Morgan fingerprint density at radius 3 is 2.40 bits per heavy atom. The Morgan fingerprint density at radius 1 is 1.10 bits per heavy atom. The van der Waals surface area contributed by atoms with Gasteiger partial charge >= 0.3 is 0 Å². The molecule has 2 aromatic rings. The smallest absolute Gasteiger partial charge is 0.170 e. The van der Waals surface area contributed by atoms with Crippen molar-refractivity contribution in [2.45, 2.75) is 19.4 Å². The molecule has 20 heavy (non-hydrogen) atoms. The van der Waals surface area contributed by atoms with Crippen LogP contribution in [-0.4, -0.2) is 17.5 Å². The molecule has 2 aromatic carbocycles. The second kappa shape index (κ2) is 6.87. The molecule has 0 spiro atoms. The predicted molar refractivity (Wildman–Crippen MR) is 78.0 cm³/mol. The van der Waals surface area contributed by atoms with Crippen molar-refractivity contribution < 1.29 is 14.6 Å². The average molecular weight is 270 g/mol. The van der Waals surface area contributed by atoms with Crippen LogP contribution in [0.25, 0.3) is 0 Å². The molecule has 0 saturated heterocycles. The van der Waals surface area contributed by atoms with Gasteiger partial charge in [-0.15, -0.1) is 0 Å². The molecule has 0 saturated carbocycles. The number of aliphatic hydroxyl groups excluding tert-OH is 1. The zero-order valence-corrected chi connectivity index (χ0v) is 11.5. The quantitative estimate of drug-likeness (QED) is 0.864. The van der Waals surface area contributed by atoms with Crippen molar-refractivity contribution in [2.75, 3.05) is 6.61 Å². The summed E-state index contributed by atoms with van der Waals surface area (Å²) in [7, 11) is 0. The Labute approximate surface area is 118 Å². The summed E-state index contributed by atoms with van der Waals surface area (Å²) in [5, 5.41) is 7.57. The Kier molecular flexibility index (Phi) is 4.91. The number of ether oxygens (including phenoxy) is 1. The van der Waals surface area contributed by atoms with Crippen LogP contribution in [0, 0.1) is 0 Å². The molecular formula is C17H18O3. The standard InChI is InChI=1S/C15H12O2.C2H6O/c16-13-10-15(11-6-2-1-3-7-11)17-14-9-5-4-8-12(13)14;1-2-3/h1-9,15H,10H2;3H,2H2,1H3. The van der Waals surface area contributed by atoms with Gasteiger partial charge in [-0.3, -0.25) is 4.79 Å². The average Bonchev–Trinajstić information content (AvgIpc) is 2.49. The van der Waals surface area contributed by atoms with E-state index < -0.39 is 0 Å². The van der Waals surface area contributed by atoms with Crippen molar-refractivity contribution in [3.63, 3.8) is 0 Å². The lowest BCUT2D eigenvalue weighted by atomic mass is 9.96. The van der Waals surface area contributed by atoms with Crippen LogP contribution in [-0.2, 0) is 0 Å². The second-order valence-corrected chi connectivity index (χ2v) is 4.46. The van der Waals surface area contributed by atoms with E-state index in [-0.39, 0.29) is 18.5 Å². The molecule has 0 amide bonds. The summed E-state index contributed by atoms with van der Waals surface area (Å²) >= 11 is 0. The highest BCUT2D eigenvalue weighted by molar-refractivity contribution is 5.99. The molecule has 1 aliphatic rings. The van der Waals surface area contributed by atoms with E-state index in [4.69, 9.17) is 9.84 Å². The molecule has 0 aliphatic carbocycles. The van der Waals surface area contributed by atoms with E-state index >= 15 is 0 Å². The van der Waals surface area contributed by atoms with Gasteiger partial charge in [-0.2, -0.15) is 0 Å².